The fourth-order valence-electron chi connectivity index (χ4n) is 2.86. The molecule has 1 heterocycles. The van der Waals surface area contributed by atoms with Crippen molar-refractivity contribution in [3.05, 3.63) is 29.8 Å². The number of rotatable bonds is 4. The lowest BCUT2D eigenvalue weighted by Gasteiger charge is -2.30. The number of amides is 1. The molecule has 2 N–H and O–H groups in total. The zero-order valence-corrected chi connectivity index (χ0v) is 13.2. The van der Waals surface area contributed by atoms with Gasteiger partial charge in [-0.2, -0.15) is 0 Å². The number of nitrogens with zero attached hydrogens (tertiary/aromatic N) is 2. The minimum absolute atomic E-state index is 0.0930. The molecule has 1 aromatic rings. The summed E-state index contributed by atoms with van der Waals surface area (Å²) in [6.07, 6.45) is 4.77. The molecule has 1 aromatic carbocycles. The SMILES string of the molecule is CC(C(=O)N1CCCCCC1)N(C)Cc1cccc(N)c1. The first-order valence-corrected chi connectivity index (χ1v) is 7.91. The summed E-state index contributed by atoms with van der Waals surface area (Å²) in [6, 6.07) is 7.77. The standard InChI is InChI=1S/C17H27N3O/c1-14(17(21)20-10-5-3-4-6-11-20)19(2)13-15-8-7-9-16(18)12-15/h7-9,12,14H,3-6,10-11,13,18H2,1-2H3. The summed E-state index contributed by atoms with van der Waals surface area (Å²) in [7, 11) is 2.00. The maximum atomic E-state index is 12.6. The highest BCUT2D eigenvalue weighted by Gasteiger charge is 2.24. The van der Waals surface area contributed by atoms with Crippen LogP contribution in [0.15, 0.2) is 24.3 Å². The van der Waals surface area contributed by atoms with Crippen LogP contribution in [0, 0.1) is 0 Å². The van der Waals surface area contributed by atoms with Gasteiger partial charge in [0.1, 0.15) is 0 Å². The quantitative estimate of drug-likeness (QED) is 0.866. The van der Waals surface area contributed by atoms with E-state index in [2.05, 4.69) is 11.0 Å². The van der Waals surface area contributed by atoms with E-state index in [1.54, 1.807) is 0 Å². The number of benzene rings is 1. The number of nitrogen functional groups attached to an aromatic ring is 1. The van der Waals surface area contributed by atoms with Crippen molar-refractivity contribution in [3.8, 4) is 0 Å². The molecule has 0 aromatic heterocycles. The van der Waals surface area contributed by atoms with Gasteiger partial charge in [0, 0.05) is 25.3 Å². The third-order valence-corrected chi connectivity index (χ3v) is 4.32. The van der Waals surface area contributed by atoms with E-state index in [0.717, 1.165) is 43.7 Å². The van der Waals surface area contributed by atoms with Crippen molar-refractivity contribution in [2.75, 3.05) is 25.9 Å². The number of likely N-dealkylation sites (tertiary alicyclic amines) is 1. The third-order valence-electron chi connectivity index (χ3n) is 4.32. The van der Waals surface area contributed by atoms with E-state index in [0.29, 0.717) is 0 Å². The van der Waals surface area contributed by atoms with Gasteiger partial charge in [0.2, 0.25) is 5.91 Å². The Morgan fingerprint density at radius 2 is 1.95 bits per heavy atom. The summed E-state index contributed by atoms with van der Waals surface area (Å²) in [5.41, 5.74) is 7.73. The van der Waals surface area contributed by atoms with E-state index in [9.17, 15) is 4.79 Å². The predicted octanol–water partition coefficient (Wildman–Crippen LogP) is 2.49. The molecule has 1 fully saturated rings. The highest BCUT2D eigenvalue weighted by atomic mass is 16.2. The molecule has 0 bridgehead atoms. The average Bonchev–Trinajstić information content (AvgIpc) is 2.74. The fraction of sp³-hybridized carbons (Fsp3) is 0.588. The van der Waals surface area contributed by atoms with Crippen LogP contribution in [0.1, 0.15) is 38.2 Å². The van der Waals surface area contributed by atoms with Gasteiger partial charge in [0.15, 0.2) is 0 Å². The molecule has 1 amide bonds. The van der Waals surface area contributed by atoms with Crippen LogP contribution in [0.25, 0.3) is 0 Å². The summed E-state index contributed by atoms with van der Waals surface area (Å²) in [4.78, 5) is 16.7. The van der Waals surface area contributed by atoms with Crippen molar-refractivity contribution in [1.29, 1.82) is 0 Å². The van der Waals surface area contributed by atoms with E-state index in [4.69, 9.17) is 5.73 Å². The van der Waals surface area contributed by atoms with Crippen LogP contribution in [0.4, 0.5) is 5.69 Å². The van der Waals surface area contributed by atoms with Gasteiger partial charge in [-0.1, -0.05) is 25.0 Å². The lowest BCUT2D eigenvalue weighted by molar-refractivity contribution is -0.136. The topological polar surface area (TPSA) is 49.6 Å². The molecule has 0 spiro atoms. The Morgan fingerprint density at radius 3 is 2.57 bits per heavy atom. The van der Waals surface area contributed by atoms with Crippen LogP contribution >= 0.6 is 0 Å². The first-order chi connectivity index (χ1) is 10.1. The summed E-state index contributed by atoms with van der Waals surface area (Å²) < 4.78 is 0. The van der Waals surface area contributed by atoms with Gasteiger partial charge in [-0.25, -0.2) is 0 Å². The van der Waals surface area contributed by atoms with Crippen molar-refractivity contribution >= 4 is 11.6 Å². The van der Waals surface area contributed by atoms with E-state index in [-0.39, 0.29) is 11.9 Å². The van der Waals surface area contributed by atoms with E-state index in [1.165, 1.54) is 12.8 Å². The van der Waals surface area contributed by atoms with Crippen LogP contribution in [-0.2, 0) is 11.3 Å². The second-order valence-electron chi connectivity index (χ2n) is 6.08. The van der Waals surface area contributed by atoms with Crippen molar-refractivity contribution in [1.82, 2.24) is 9.80 Å². The van der Waals surface area contributed by atoms with E-state index >= 15 is 0 Å². The number of likely N-dealkylation sites (N-methyl/N-ethyl adjacent to an activating group) is 1. The molecule has 0 aliphatic carbocycles. The van der Waals surface area contributed by atoms with Gasteiger partial charge < -0.3 is 10.6 Å². The van der Waals surface area contributed by atoms with Crippen LogP contribution in [0.3, 0.4) is 0 Å². The zero-order valence-electron chi connectivity index (χ0n) is 13.2. The number of anilines is 1. The van der Waals surface area contributed by atoms with E-state index < -0.39 is 0 Å². The highest BCUT2D eigenvalue weighted by molar-refractivity contribution is 5.81. The monoisotopic (exact) mass is 289 g/mol. The van der Waals surface area contributed by atoms with Gasteiger partial charge >= 0.3 is 0 Å². The molecular formula is C17H27N3O. The molecule has 1 atom stereocenters. The number of carbonyl (C=O) groups excluding carboxylic acids is 1. The molecule has 4 nitrogen and oxygen atoms in total. The molecule has 1 unspecified atom stereocenters. The maximum Gasteiger partial charge on any atom is 0.239 e. The third kappa shape index (κ3) is 4.46. The van der Waals surface area contributed by atoms with Crippen molar-refractivity contribution in [2.24, 2.45) is 0 Å². The Kier molecular flexibility index (Phi) is 5.62. The normalized spacial score (nSPS) is 17.6. The second kappa shape index (κ2) is 7.46. The maximum absolute atomic E-state index is 12.6. The fourth-order valence-corrected chi connectivity index (χ4v) is 2.86. The lowest BCUT2D eigenvalue weighted by atomic mass is 10.1. The summed E-state index contributed by atoms with van der Waals surface area (Å²) in [5, 5.41) is 0. The molecule has 2 rings (SSSR count). The smallest absolute Gasteiger partial charge is 0.239 e. The zero-order chi connectivity index (χ0) is 15.2. The number of nitrogens with two attached hydrogens (primary N) is 1. The van der Waals surface area contributed by atoms with Gasteiger partial charge in [-0.15, -0.1) is 0 Å². The Labute approximate surface area is 127 Å². The molecule has 21 heavy (non-hydrogen) atoms. The van der Waals surface area contributed by atoms with Crippen molar-refractivity contribution in [2.45, 2.75) is 45.2 Å². The van der Waals surface area contributed by atoms with Gasteiger partial charge in [0.05, 0.1) is 6.04 Å². The molecule has 0 radical (unpaired) electrons. The van der Waals surface area contributed by atoms with Gasteiger partial charge in [-0.3, -0.25) is 9.69 Å². The molecule has 116 valence electrons. The molecule has 4 heteroatoms. The number of carbonyl (C=O) groups is 1. The minimum Gasteiger partial charge on any atom is -0.399 e. The molecule has 1 aliphatic rings. The Balaban J connectivity index is 1.94. The molecular weight excluding hydrogens is 262 g/mol. The van der Waals surface area contributed by atoms with Crippen LogP contribution < -0.4 is 5.73 Å². The Hall–Kier alpha value is -1.55. The highest BCUT2D eigenvalue weighted by Crippen LogP contribution is 2.14. The van der Waals surface area contributed by atoms with Crippen LogP contribution in [0.5, 0.6) is 0 Å². The summed E-state index contributed by atoms with van der Waals surface area (Å²) >= 11 is 0. The van der Waals surface area contributed by atoms with Crippen LogP contribution in [-0.4, -0.2) is 41.9 Å². The Bertz CT molecular complexity index is 467. The second-order valence-corrected chi connectivity index (χ2v) is 6.08. The molecule has 1 saturated heterocycles. The predicted molar refractivity (Wildman–Crippen MR) is 86.8 cm³/mol. The lowest BCUT2D eigenvalue weighted by Crippen LogP contribution is -2.45. The van der Waals surface area contributed by atoms with Gasteiger partial charge in [-0.05, 0) is 44.5 Å². The minimum atomic E-state index is -0.0930. The van der Waals surface area contributed by atoms with Crippen molar-refractivity contribution in [3.63, 3.8) is 0 Å². The first-order valence-electron chi connectivity index (χ1n) is 7.91. The Morgan fingerprint density at radius 1 is 1.29 bits per heavy atom. The molecule has 1 aliphatic heterocycles. The van der Waals surface area contributed by atoms with E-state index in [1.807, 2.05) is 37.1 Å². The molecule has 0 saturated carbocycles. The number of hydrogen-bond donors (Lipinski definition) is 1. The van der Waals surface area contributed by atoms with Crippen LogP contribution in [0.2, 0.25) is 0 Å². The average molecular weight is 289 g/mol. The summed E-state index contributed by atoms with van der Waals surface area (Å²) in [6.45, 7) is 4.57. The van der Waals surface area contributed by atoms with Crippen molar-refractivity contribution < 1.29 is 4.79 Å². The first kappa shape index (κ1) is 15.8. The van der Waals surface area contributed by atoms with Gasteiger partial charge in [0.25, 0.3) is 0 Å². The summed E-state index contributed by atoms with van der Waals surface area (Å²) in [5.74, 6) is 0.253. The largest absolute Gasteiger partial charge is 0.399 e. The number of hydrogen-bond acceptors (Lipinski definition) is 3.